The molecule has 0 aromatic heterocycles. The SMILES string of the molecule is Cc1cc(C)c(NC(=S)NCc2ccccc2C[NH+]2CCOCC2)c(Cl)c1. The van der Waals surface area contributed by atoms with E-state index in [9.17, 15) is 0 Å². The Morgan fingerprint density at radius 3 is 2.56 bits per heavy atom. The summed E-state index contributed by atoms with van der Waals surface area (Å²) in [5, 5.41) is 7.83. The van der Waals surface area contributed by atoms with Crippen molar-refractivity contribution in [3.8, 4) is 0 Å². The van der Waals surface area contributed by atoms with E-state index in [4.69, 9.17) is 28.6 Å². The summed E-state index contributed by atoms with van der Waals surface area (Å²) in [6.45, 7) is 9.59. The van der Waals surface area contributed by atoms with Crippen LogP contribution >= 0.6 is 23.8 Å². The molecule has 6 heteroatoms. The lowest BCUT2D eigenvalue weighted by Gasteiger charge is -2.24. The summed E-state index contributed by atoms with van der Waals surface area (Å²) in [6, 6.07) is 12.6. The first-order valence-corrected chi connectivity index (χ1v) is 10.1. The summed E-state index contributed by atoms with van der Waals surface area (Å²) in [6.07, 6.45) is 0. The highest BCUT2D eigenvalue weighted by atomic mass is 35.5. The molecule has 2 aromatic rings. The van der Waals surface area contributed by atoms with Crippen molar-refractivity contribution >= 4 is 34.6 Å². The van der Waals surface area contributed by atoms with Crippen molar-refractivity contribution < 1.29 is 9.64 Å². The predicted octanol–water partition coefficient (Wildman–Crippen LogP) is 2.86. The van der Waals surface area contributed by atoms with Crippen molar-refractivity contribution in [3.63, 3.8) is 0 Å². The zero-order chi connectivity index (χ0) is 19.2. The molecular weight excluding hydrogens is 378 g/mol. The van der Waals surface area contributed by atoms with Crippen LogP contribution < -0.4 is 15.5 Å². The van der Waals surface area contributed by atoms with E-state index in [1.807, 2.05) is 19.9 Å². The number of anilines is 1. The first kappa shape index (κ1) is 20.1. The third kappa shape index (κ3) is 5.66. The molecule has 0 unspecified atom stereocenters. The molecular formula is C21H27ClN3OS+. The molecule has 0 spiro atoms. The van der Waals surface area contributed by atoms with Gasteiger partial charge in [-0.2, -0.15) is 0 Å². The molecule has 4 nitrogen and oxygen atoms in total. The molecule has 0 radical (unpaired) electrons. The summed E-state index contributed by atoms with van der Waals surface area (Å²) >= 11 is 11.9. The number of hydrogen-bond donors (Lipinski definition) is 3. The topological polar surface area (TPSA) is 37.7 Å². The van der Waals surface area contributed by atoms with Crippen LogP contribution in [0.2, 0.25) is 5.02 Å². The predicted molar refractivity (Wildman–Crippen MR) is 116 cm³/mol. The number of halogens is 1. The number of ether oxygens (including phenoxy) is 1. The first-order valence-electron chi connectivity index (χ1n) is 9.32. The highest BCUT2D eigenvalue weighted by Crippen LogP contribution is 2.27. The maximum absolute atomic E-state index is 6.37. The van der Waals surface area contributed by atoms with Crippen LogP contribution in [0.1, 0.15) is 22.3 Å². The number of quaternary nitrogens is 1. The highest BCUT2D eigenvalue weighted by molar-refractivity contribution is 7.80. The van der Waals surface area contributed by atoms with E-state index < -0.39 is 0 Å². The normalized spacial score (nSPS) is 14.8. The van der Waals surface area contributed by atoms with Crippen LogP contribution in [0.25, 0.3) is 0 Å². The van der Waals surface area contributed by atoms with Crippen LogP contribution in [-0.4, -0.2) is 31.4 Å². The maximum Gasteiger partial charge on any atom is 0.171 e. The molecule has 0 amide bonds. The highest BCUT2D eigenvalue weighted by Gasteiger charge is 2.16. The van der Waals surface area contributed by atoms with Gasteiger partial charge in [-0.15, -0.1) is 0 Å². The van der Waals surface area contributed by atoms with Crippen molar-refractivity contribution in [2.45, 2.75) is 26.9 Å². The van der Waals surface area contributed by atoms with Gasteiger partial charge in [0, 0.05) is 12.1 Å². The van der Waals surface area contributed by atoms with E-state index >= 15 is 0 Å². The largest absolute Gasteiger partial charge is 0.370 e. The van der Waals surface area contributed by atoms with Crippen molar-refractivity contribution in [1.29, 1.82) is 0 Å². The fourth-order valence-electron chi connectivity index (χ4n) is 3.42. The molecule has 1 aliphatic heterocycles. The van der Waals surface area contributed by atoms with Gasteiger partial charge in [0.25, 0.3) is 0 Å². The minimum absolute atomic E-state index is 0.581. The number of rotatable bonds is 5. The van der Waals surface area contributed by atoms with Gasteiger partial charge in [-0.05, 0) is 48.8 Å². The van der Waals surface area contributed by atoms with Gasteiger partial charge in [0.15, 0.2) is 5.11 Å². The van der Waals surface area contributed by atoms with Gasteiger partial charge in [-0.25, -0.2) is 0 Å². The Balaban J connectivity index is 1.60. The van der Waals surface area contributed by atoms with E-state index in [1.54, 1.807) is 4.90 Å². The molecule has 27 heavy (non-hydrogen) atoms. The van der Waals surface area contributed by atoms with Crippen LogP contribution in [0.3, 0.4) is 0 Å². The number of nitrogens with one attached hydrogen (secondary N) is 3. The second-order valence-corrected chi connectivity index (χ2v) is 7.87. The molecule has 2 aromatic carbocycles. The van der Waals surface area contributed by atoms with Gasteiger partial charge in [-0.3, -0.25) is 0 Å². The van der Waals surface area contributed by atoms with Gasteiger partial charge in [0.05, 0.1) is 23.9 Å². The smallest absolute Gasteiger partial charge is 0.171 e. The second-order valence-electron chi connectivity index (χ2n) is 7.05. The number of hydrogen-bond acceptors (Lipinski definition) is 2. The third-order valence-electron chi connectivity index (χ3n) is 4.87. The quantitative estimate of drug-likeness (QED) is 0.670. The number of thiocarbonyl (C=S) groups is 1. The molecule has 3 N–H and O–H groups in total. The average Bonchev–Trinajstić information content (AvgIpc) is 2.65. The lowest BCUT2D eigenvalue weighted by molar-refractivity contribution is -0.921. The number of benzene rings is 2. The Bertz CT molecular complexity index is 783. The zero-order valence-electron chi connectivity index (χ0n) is 15.9. The third-order valence-corrected chi connectivity index (χ3v) is 5.41. The van der Waals surface area contributed by atoms with Crippen molar-refractivity contribution in [1.82, 2.24) is 5.32 Å². The summed E-state index contributed by atoms with van der Waals surface area (Å²) in [7, 11) is 0. The fraction of sp³-hybridized carbons (Fsp3) is 0.381. The second kappa shape index (κ2) is 9.51. The van der Waals surface area contributed by atoms with Crippen LogP contribution in [0.5, 0.6) is 0 Å². The van der Waals surface area contributed by atoms with E-state index in [0.29, 0.717) is 16.7 Å². The Kier molecular flexibility index (Phi) is 7.07. The summed E-state index contributed by atoms with van der Waals surface area (Å²) in [4.78, 5) is 1.57. The minimum Gasteiger partial charge on any atom is -0.370 e. The van der Waals surface area contributed by atoms with Crippen LogP contribution in [0.4, 0.5) is 5.69 Å². The van der Waals surface area contributed by atoms with Crippen molar-refractivity contribution in [2.75, 3.05) is 31.6 Å². The zero-order valence-corrected chi connectivity index (χ0v) is 17.5. The Hall–Kier alpha value is -1.66. The fourth-order valence-corrected chi connectivity index (χ4v) is 3.96. The van der Waals surface area contributed by atoms with E-state index in [2.05, 4.69) is 41.0 Å². The lowest BCUT2D eigenvalue weighted by atomic mass is 10.1. The maximum atomic E-state index is 6.37. The van der Waals surface area contributed by atoms with Crippen molar-refractivity contribution in [3.05, 3.63) is 63.7 Å². The molecule has 1 heterocycles. The molecule has 0 atom stereocenters. The van der Waals surface area contributed by atoms with Crippen LogP contribution in [0, 0.1) is 13.8 Å². The molecule has 1 saturated heterocycles. The monoisotopic (exact) mass is 404 g/mol. The molecule has 0 aliphatic carbocycles. The Morgan fingerprint density at radius 1 is 1.15 bits per heavy atom. The van der Waals surface area contributed by atoms with E-state index in [1.165, 1.54) is 11.1 Å². The summed E-state index contributed by atoms with van der Waals surface area (Å²) in [5.74, 6) is 0. The van der Waals surface area contributed by atoms with Gasteiger partial charge in [0.1, 0.15) is 19.6 Å². The van der Waals surface area contributed by atoms with Crippen molar-refractivity contribution in [2.24, 2.45) is 0 Å². The van der Waals surface area contributed by atoms with Gasteiger partial charge in [0.2, 0.25) is 0 Å². The lowest BCUT2D eigenvalue weighted by Crippen LogP contribution is -3.12. The van der Waals surface area contributed by atoms with Gasteiger partial charge in [-0.1, -0.05) is 41.9 Å². The Morgan fingerprint density at radius 2 is 1.85 bits per heavy atom. The molecule has 1 aliphatic rings. The van der Waals surface area contributed by atoms with Gasteiger partial charge < -0.3 is 20.3 Å². The molecule has 1 fully saturated rings. The summed E-state index contributed by atoms with van der Waals surface area (Å²) < 4.78 is 5.46. The molecule has 0 bridgehead atoms. The number of morpholine rings is 1. The average molecular weight is 405 g/mol. The van der Waals surface area contributed by atoms with Gasteiger partial charge >= 0.3 is 0 Å². The standard InChI is InChI=1S/C21H26ClN3OS/c1-15-11-16(2)20(19(22)12-15)24-21(27)23-13-17-5-3-4-6-18(17)14-25-7-9-26-10-8-25/h3-6,11-12H,7-10,13-14H2,1-2H3,(H2,23,24,27)/p+1. The van der Waals surface area contributed by atoms with E-state index in [-0.39, 0.29) is 0 Å². The first-order chi connectivity index (χ1) is 13.0. The number of aryl methyl sites for hydroxylation is 2. The van der Waals surface area contributed by atoms with Crippen LogP contribution in [-0.2, 0) is 17.8 Å². The van der Waals surface area contributed by atoms with E-state index in [0.717, 1.165) is 49.7 Å². The summed E-state index contributed by atoms with van der Waals surface area (Å²) in [5.41, 5.74) is 5.72. The van der Waals surface area contributed by atoms with Crippen LogP contribution in [0.15, 0.2) is 36.4 Å². The molecule has 144 valence electrons. The Labute approximate surface area is 171 Å². The molecule has 3 rings (SSSR count). The molecule has 0 saturated carbocycles. The minimum atomic E-state index is 0.581.